The van der Waals surface area contributed by atoms with Crippen LogP contribution in [0.5, 0.6) is 0 Å². The second-order valence-corrected chi connectivity index (χ2v) is 3.87. The molecule has 0 saturated carbocycles. The molecule has 3 heteroatoms. The summed E-state index contributed by atoms with van der Waals surface area (Å²) in [5.74, 6) is -1.54. The van der Waals surface area contributed by atoms with Crippen LogP contribution in [0.25, 0.3) is 5.57 Å². The third-order valence-corrected chi connectivity index (χ3v) is 2.75. The lowest BCUT2D eigenvalue weighted by molar-refractivity contribution is 0.504. The van der Waals surface area contributed by atoms with Gasteiger partial charge in [-0.3, -0.25) is 0 Å². The van der Waals surface area contributed by atoms with Crippen LogP contribution in [0.4, 0.5) is 8.78 Å². The van der Waals surface area contributed by atoms with Crippen LogP contribution in [-0.4, -0.2) is 6.04 Å². The van der Waals surface area contributed by atoms with Gasteiger partial charge in [-0.25, -0.2) is 8.78 Å². The zero-order valence-corrected chi connectivity index (χ0v) is 8.34. The summed E-state index contributed by atoms with van der Waals surface area (Å²) in [6, 6.07) is 4.43. The first-order valence-electron chi connectivity index (χ1n) is 5.07. The highest BCUT2D eigenvalue weighted by Gasteiger charge is 2.16. The minimum atomic E-state index is -0.789. The molecule has 1 unspecified atom stereocenters. The van der Waals surface area contributed by atoms with Crippen molar-refractivity contribution in [1.29, 1.82) is 0 Å². The number of halogens is 2. The van der Waals surface area contributed by atoms with Crippen molar-refractivity contribution in [2.24, 2.45) is 5.73 Å². The summed E-state index contributed by atoms with van der Waals surface area (Å²) < 4.78 is 26.4. The monoisotopic (exact) mass is 209 g/mol. The van der Waals surface area contributed by atoms with Crippen molar-refractivity contribution in [2.75, 3.05) is 0 Å². The highest BCUT2D eigenvalue weighted by atomic mass is 19.2. The fraction of sp³-hybridized carbons (Fsp3) is 0.333. The van der Waals surface area contributed by atoms with Gasteiger partial charge < -0.3 is 5.73 Å². The fourth-order valence-electron chi connectivity index (χ4n) is 1.85. The first-order chi connectivity index (χ1) is 7.18. The molecule has 0 fully saturated rings. The van der Waals surface area contributed by atoms with E-state index >= 15 is 0 Å². The van der Waals surface area contributed by atoms with Gasteiger partial charge in [0.25, 0.3) is 0 Å². The molecule has 2 rings (SSSR count). The second kappa shape index (κ2) is 4.11. The first-order valence-corrected chi connectivity index (χ1v) is 5.07. The van der Waals surface area contributed by atoms with Crippen molar-refractivity contribution in [3.05, 3.63) is 41.5 Å². The van der Waals surface area contributed by atoms with E-state index in [0.29, 0.717) is 5.56 Å². The lowest BCUT2D eigenvalue weighted by Crippen LogP contribution is -2.21. The molecule has 0 saturated heterocycles. The number of hydrogen-bond donors (Lipinski definition) is 1. The predicted octanol–water partition coefficient (Wildman–Crippen LogP) is 2.86. The van der Waals surface area contributed by atoms with E-state index in [-0.39, 0.29) is 6.04 Å². The van der Waals surface area contributed by atoms with E-state index in [2.05, 4.69) is 0 Å². The van der Waals surface area contributed by atoms with Crippen LogP contribution in [0.2, 0.25) is 0 Å². The average Bonchev–Trinajstić information content (AvgIpc) is 2.24. The lowest BCUT2D eigenvalue weighted by Gasteiger charge is -2.18. The van der Waals surface area contributed by atoms with Crippen LogP contribution < -0.4 is 5.73 Å². The van der Waals surface area contributed by atoms with E-state index in [4.69, 9.17) is 5.73 Å². The molecule has 1 aromatic carbocycles. The SMILES string of the molecule is NC1CC=C(c2cccc(F)c2F)CC1. The lowest BCUT2D eigenvalue weighted by atomic mass is 9.91. The van der Waals surface area contributed by atoms with Crippen molar-refractivity contribution in [3.8, 4) is 0 Å². The van der Waals surface area contributed by atoms with Crippen LogP contribution in [0, 0.1) is 11.6 Å². The summed E-state index contributed by atoms with van der Waals surface area (Å²) in [5.41, 5.74) is 6.98. The van der Waals surface area contributed by atoms with Crippen molar-refractivity contribution >= 4 is 5.57 Å². The topological polar surface area (TPSA) is 26.0 Å². The molecular formula is C12H13F2N. The Morgan fingerprint density at radius 1 is 1.27 bits per heavy atom. The Balaban J connectivity index is 2.34. The Labute approximate surface area is 87.6 Å². The minimum Gasteiger partial charge on any atom is -0.327 e. The molecule has 0 radical (unpaired) electrons. The highest BCUT2D eigenvalue weighted by molar-refractivity contribution is 5.66. The van der Waals surface area contributed by atoms with E-state index in [1.165, 1.54) is 6.07 Å². The smallest absolute Gasteiger partial charge is 0.166 e. The van der Waals surface area contributed by atoms with Crippen LogP contribution in [0.3, 0.4) is 0 Å². The largest absolute Gasteiger partial charge is 0.327 e. The normalized spacial score (nSPS) is 21.3. The second-order valence-electron chi connectivity index (χ2n) is 3.87. The van der Waals surface area contributed by atoms with Gasteiger partial charge in [0, 0.05) is 11.6 Å². The van der Waals surface area contributed by atoms with E-state index < -0.39 is 11.6 Å². The summed E-state index contributed by atoms with van der Waals surface area (Å²) in [5, 5.41) is 0. The molecule has 2 N–H and O–H groups in total. The summed E-state index contributed by atoms with van der Waals surface area (Å²) in [6.45, 7) is 0. The standard InChI is InChI=1S/C12H13F2N/c13-11-3-1-2-10(12(11)14)8-4-6-9(15)7-5-8/h1-4,9H,5-7,15H2. The molecular weight excluding hydrogens is 196 g/mol. The van der Waals surface area contributed by atoms with Crippen LogP contribution in [0.1, 0.15) is 24.8 Å². The number of rotatable bonds is 1. The maximum atomic E-state index is 13.4. The van der Waals surface area contributed by atoms with Gasteiger partial charge in [-0.1, -0.05) is 18.2 Å². The fourth-order valence-corrected chi connectivity index (χ4v) is 1.85. The Morgan fingerprint density at radius 2 is 2.07 bits per heavy atom. The number of benzene rings is 1. The molecule has 15 heavy (non-hydrogen) atoms. The molecule has 1 nitrogen and oxygen atoms in total. The van der Waals surface area contributed by atoms with Crippen molar-refractivity contribution < 1.29 is 8.78 Å². The molecule has 80 valence electrons. The van der Waals surface area contributed by atoms with E-state index in [1.54, 1.807) is 6.07 Å². The Morgan fingerprint density at radius 3 is 2.73 bits per heavy atom. The summed E-state index contributed by atoms with van der Waals surface area (Å²) in [6.07, 6.45) is 4.21. The Kier molecular flexibility index (Phi) is 2.82. The molecule has 1 aliphatic rings. The number of allylic oxidation sites excluding steroid dienone is 1. The predicted molar refractivity (Wildman–Crippen MR) is 56.2 cm³/mol. The molecule has 0 amide bonds. The third kappa shape index (κ3) is 2.07. The summed E-state index contributed by atoms with van der Waals surface area (Å²) >= 11 is 0. The van der Waals surface area contributed by atoms with E-state index in [1.807, 2.05) is 6.08 Å². The van der Waals surface area contributed by atoms with Crippen LogP contribution >= 0.6 is 0 Å². The Hall–Kier alpha value is -1.22. The maximum absolute atomic E-state index is 13.4. The quantitative estimate of drug-likeness (QED) is 0.756. The molecule has 1 aliphatic carbocycles. The van der Waals surface area contributed by atoms with Gasteiger partial charge in [-0.2, -0.15) is 0 Å². The third-order valence-electron chi connectivity index (χ3n) is 2.75. The zero-order chi connectivity index (χ0) is 10.8. The van der Waals surface area contributed by atoms with Gasteiger partial charge in [-0.05, 0) is 30.9 Å². The maximum Gasteiger partial charge on any atom is 0.166 e. The summed E-state index contributed by atoms with van der Waals surface area (Å²) in [4.78, 5) is 0. The molecule has 0 heterocycles. The van der Waals surface area contributed by atoms with E-state index in [9.17, 15) is 8.78 Å². The van der Waals surface area contributed by atoms with Crippen molar-refractivity contribution in [3.63, 3.8) is 0 Å². The molecule has 0 spiro atoms. The van der Waals surface area contributed by atoms with Gasteiger partial charge in [0.15, 0.2) is 11.6 Å². The van der Waals surface area contributed by atoms with Crippen molar-refractivity contribution in [2.45, 2.75) is 25.3 Å². The molecule has 0 aromatic heterocycles. The molecule has 0 bridgehead atoms. The molecule has 1 aromatic rings. The van der Waals surface area contributed by atoms with Crippen molar-refractivity contribution in [1.82, 2.24) is 0 Å². The van der Waals surface area contributed by atoms with Crippen LogP contribution in [0.15, 0.2) is 24.3 Å². The van der Waals surface area contributed by atoms with Gasteiger partial charge in [0.05, 0.1) is 0 Å². The van der Waals surface area contributed by atoms with Gasteiger partial charge in [-0.15, -0.1) is 0 Å². The average molecular weight is 209 g/mol. The van der Waals surface area contributed by atoms with E-state index in [0.717, 1.165) is 30.9 Å². The Bertz CT molecular complexity index is 399. The van der Waals surface area contributed by atoms with Crippen LogP contribution in [-0.2, 0) is 0 Å². The highest BCUT2D eigenvalue weighted by Crippen LogP contribution is 2.28. The minimum absolute atomic E-state index is 0.158. The zero-order valence-electron chi connectivity index (χ0n) is 8.34. The molecule has 1 atom stereocenters. The van der Waals surface area contributed by atoms with Gasteiger partial charge in [0.2, 0.25) is 0 Å². The number of hydrogen-bond acceptors (Lipinski definition) is 1. The summed E-state index contributed by atoms with van der Waals surface area (Å²) in [7, 11) is 0. The number of nitrogens with two attached hydrogens (primary N) is 1. The first kappa shape index (κ1) is 10.3. The van der Waals surface area contributed by atoms with Gasteiger partial charge in [0.1, 0.15) is 0 Å². The van der Waals surface area contributed by atoms with Gasteiger partial charge >= 0.3 is 0 Å². The molecule has 0 aliphatic heterocycles.